The van der Waals surface area contributed by atoms with E-state index < -0.39 is 0 Å². The van der Waals surface area contributed by atoms with Gasteiger partial charge in [-0.05, 0) is 32.9 Å². The lowest BCUT2D eigenvalue weighted by atomic mass is 9.99. The maximum atomic E-state index is 3.78. The van der Waals surface area contributed by atoms with Gasteiger partial charge in [0.1, 0.15) is 0 Å². The van der Waals surface area contributed by atoms with Gasteiger partial charge < -0.3 is 5.32 Å². The van der Waals surface area contributed by atoms with Gasteiger partial charge in [-0.2, -0.15) is 0 Å². The number of hydrogen-bond donors (Lipinski definition) is 1. The molecular formula is C13H19N. The van der Waals surface area contributed by atoms with Gasteiger partial charge in [-0.1, -0.05) is 35.4 Å². The van der Waals surface area contributed by atoms with Crippen molar-refractivity contribution in [1.29, 1.82) is 0 Å². The van der Waals surface area contributed by atoms with Crippen LogP contribution in [-0.2, 0) is 0 Å². The van der Waals surface area contributed by atoms with Gasteiger partial charge in [0.2, 0.25) is 0 Å². The normalized spacial score (nSPS) is 12.5. The van der Waals surface area contributed by atoms with E-state index in [9.17, 15) is 0 Å². The average molecular weight is 189 g/mol. The molecule has 1 heteroatoms. The standard InChI is InChI=1S/C13H19N/c1-5-6-13(14-4)12-8-10(2)7-11(3)9-12/h5,7-9,13-14H,1,6H2,2-4H3. The summed E-state index contributed by atoms with van der Waals surface area (Å²) in [6.07, 6.45) is 2.93. The molecule has 0 aromatic heterocycles. The lowest BCUT2D eigenvalue weighted by molar-refractivity contribution is 0.603. The number of hydrogen-bond acceptors (Lipinski definition) is 1. The first-order valence-corrected chi connectivity index (χ1v) is 5.03. The van der Waals surface area contributed by atoms with Crippen molar-refractivity contribution in [2.24, 2.45) is 0 Å². The fourth-order valence-corrected chi connectivity index (χ4v) is 1.80. The second-order valence-corrected chi connectivity index (χ2v) is 3.79. The molecule has 0 bridgehead atoms. The van der Waals surface area contributed by atoms with E-state index in [1.165, 1.54) is 16.7 Å². The predicted molar refractivity (Wildman–Crippen MR) is 62.5 cm³/mol. The Morgan fingerprint density at radius 3 is 2.29 bits per heavy atom. The smallest absolute Gasteiger partial charge is 0.0352 e. The molecule has 1 nitrogen and oxygen atoms in total. The lowest BCUT2D eigenvalue weighted by Crippen LogP contribution is -2.15. The van der Waals surface area contributed by atoms with E-state index in [0.29, 0.717) is 6.04 Å². The summed E-state index contributed by atoms with van der Waals surface area (Å²) in [5.74, 6) is 0. The Kier molecular flexibility index (Phi) is 3.90. The lowest BCUT2D eigenvalue weighted by Gasteiger charge is -2.15. The van der Waals surface area contributed by atoms with E-state index in [1.54, 1.807) is 0 Å². The number of rotatable bonds is 4. The second kappa shape index (κ2) is 4.97. The summed E-state index contributed by atoms with van der Waals surface area (Å²) < 4.78 is 0. The molecule has 1 rings (SSSR count). The van der Waals surface area contributed by atoms with E-state index in [0.717, 1.165) is 6.42 Å². The molecule has 0 radical (unpaired) electrons. The van der Waals surface area contributed by atoms with Crippen molar-refractivity contribution in [1.82, 2.24) is 5.32 Å². The first kappa shape index (κ1) is 11.0. The summed E-state index contributed by atoms with van der Waals surface area (Å²) in [5.41, 5.74) is 4.00. The van der Waals surface area contributed by atoms with Crippen LogP contribution in [0.3, 0.4) is 0 Å². The van der Waals surface area contributed by atoms with Crippen LogP contribution in [0.2, 0.25) is 0 Å². The third-order valence-electron chi connectivity index (χ3n) is 2.40. The van der Waals surface area contributed by atoms with Crippen LogP contribution in [-0.4, -0.2) is 7.05 Å². The van der Waals surface area contributed by atoms with Crippen LogP contribution >= 0.6 is 0 Å². The fourth-order valence-electron chi connectivity index (χ4n) is 1.80. The Labute approximate surface area is 86.8 Å². The minimum Gasteiger partial charge on any atom is -0.313 e. The summed E-state index contributed by atoms with van der Waals surface area (Å²) in [6, 6.07) is 7.06. The zero-order valence-electron chi connectivity index (χ0n) is 9.30. The van der Waals surface area contributed by atoms with Gasteiger partial charge in [0.25, 0.3) is 0 Å². The Morgan fingerprint density at radius 2 is 1.86 bits per heavy atom. The SMILES string of the molecule is C=CCC(NC)c1cc(C)cc(C)c1. The van der Waals surface area contributed by atoms with Crippen LogP contribution < -0.4 is 5.32 Å². The molecule has 1 N–H and O–H groups in total. The summed E-state index contributed by atoms with van der Waals surface area (Å²) >= 11 is 0. The average Bonchev–Trinajstić information content (AvgIpc) is 2.12. The second-order valence-electron chi connectivity index (χ2n) is 3.79. The van der Waals surface area contributed by atoms with Crippen molar-refractivity contribution < 1.29 is 0 Å². The molecule has 0 heterocycles. The van der Waals surface area contributed by atoms with Gasteiger partial charge in [-0.3, -0.25) is 0 Å². The Hall–Kier alpha value is -1.08. The third kappa shape index (κ3) is 2.71. The van der Waals surface area contributed by atoms with E-state index in [-0.39, 0.29) is 0 Å². The van der Waals surface area contributed by atoms with Crippen LogP contribution in [0.1, 0.15) is 29.2 Å². The molecule has 1 unspecified atom stereocenters. The van der Waals surface area contributed by atoms with Crippen LogP contribution in [0.4, 0.5) is 0 Å². The summed E-state index contributed by atoms with van der Waals surface area (Å²) in [4.78, 5) is 0. The summed E-state index contributed by atoms with van der Waals surface area (Å²) in [7, 11) is 1.99. The molecule has 0 spiro atoms. The number of aryl methyl sites for hydroxylation is 2. The van der Waals surface area contributed by atoms with Crippen LogP contribution in [0.5, 0.6) is 0 Å². The highest BCUT2D eigenvalue weighted by atomic mass is 14.9. The molecule has 0 saturated carbocycles. The predicted octanol–water partition coefficient (Wildman–Crippen LogP) is 3.14. The third-order valence-corrected chi connectivity index (χ3v) is 2.40. The zero-order valence-corrected chi connectivity index (χ0v) is 9.30. The minimum absolute atomic E-state index is 0.395. The van der Waals surface area contributed by atoms with E-state index in [4.69, 9.17) is 0 Å². The number of nitrogens with one attached hydrogen (secondary N) is 1. The van der Waals surface area contributed by atoms with Crippen LogP contribution in [0.15, 0.2) is 30.9 Å². The molecule has 1 aromatic rings. The molecule has 0 fully saturated rings. The Morgan fingerprint density at radius 1 is 1.29 bits per heavy atom. The molecule has 0 amide bonds. The zero-order chi connectivity index (χ0) is 10.6. The minimum atomic E-state index is 0.395. The highest BCUT2D eigenvalue weighted by molar-refractivity contribution is 5.30. The van der Waals surface area contributed by atoms with E-state index in [2.05, 4.69) is 43.9 Å². The highest BCUT2D eigenvalue weighted by Gasteiger charge is 2.07. The molecule has 1 aromatic carbocycles. The molecule has 0 aliphatic carbocycles. The molecule has 1 atom stereocenters. The van der Waals surface area contributed by atoms with Crippen molar-refractivity contribution in [2.45, 2.75) is 26.3 Å². The quantitative estimate of drug-likeness (QED) is 0.717. The van der Waals surface area contributed by atoms with E-state index >= 15 is 0 Å². The van der Waals surface area contributed by atoms with Crippen LogP contribution in [0, 0.1) is 13.8 Å². The van der Waals surface area contributed by atoms with Gasteiger partial charge in [-0.15, -0.1) is 6.58 Å². The molecule has 0 saturated heterocycles. The Balaban J connectivity index is 2.96. The maximum absolute atomic E-state index is 3.78. The fraction of sp³-hybridized carbons (Fsp3) is 0.385. The molecule has 14 heavy (non-hydrogen) atoms. The molecule has 76 valence electrons. The first-order chi connectivity index (χ1) is 6.67. The highest BCUT2D eigenvalue weighted by Crippen LogP contribution is 2.19. The molecule has 0 aliphatic heterocycles. The van der Waals surface area contributed by atoms with Crippen molar-refractivity contribution in [2.75, 3.05) is 7.05 Å². The van der Waals surface area contributed by atoms with Gasteiger partial charge in [-0.25, -0.2) is 0 Å². The van der Waals surface area contributed by atoms with Gasteiger partial charge in [0.05, 0.1) is 0 Å². The van der Waals surface area contributed by atoms with Crippen molar-refractivity contribution in [3.8, 4) is 0 Å². The van der Waals surface area contributed by atoms with Gasteiger partial charge in [0, 0.05) is 6.04 Å². The van der Waals surface area contributed by atoms with Gasteiger partial charge >= 0.3 is 0 Å². The van der Waals surface area contributed by atoms with E-state index in [1.807, 2.05) is 13.1 Å². The summed E-state index contributed by atoms with van der Waals surface area (Å²) in [5, 5.41) is 3.30. The Bertz CT molecular complexity index is 295. The van der Waals surface area contributed by atoms with Gasteiger partial charge in [0.15, 0.2) is 0 Å². The summed E-state index contributed by atoms with van der Waals surface area (Å²) in [6.45, 7) is 8.05. The van der Waals surface area contributed by atoms with Crippen molar-refractivity contribution in [3.05, 3.63) is 47.5 Å². The maximum Gasteiger partial charge on any atom is 0.0352 e. The molecular weight excluding hydrogens is 170 g/mol. The number of benzene rings is 1. The van der Waals surface area contributed by atoms with Crippen LogP contribution in [0.25, 0.3) is 0 Å². The van der Waals surface area contributed by atoms with Crippen molar-refractivity contribution in [3.63, 3.8) is 0 Å². The largest absolute Gasteiger partial charge is 0.313 e. The molecule has 0 aliphatic rings. The van der Waals surface area contributed by atoms with Crippen molar-refractivity contribution >= 4 is 0 Å². The monoisotopic (exact) mass is 189 g/mol. The topological polar surface area (TPSA) is 12.0 Å². The first-order valence-electron chi connectivity index (χ1n) is 5.03.